The predicted octanol–water partition coefficient (Wildman–Crippen LogP) is -0.509. The molecule has 0 saturated carbocycles. The molecule has 106 valence electrons. The first kappa shape index (κ1) is 13.5. The number of hydrogen-bond donors (Lipinski definition) is 2. The fraction of sp³-hybridized carbons (Fsp3) is 0.300. The second-order valence-electron chi connectivity index (χ2n) is 4.24. The van der Waals surface area contributed by atoms with Crippen molar-refractivity contribution in [2.24, 2.45) is 0 Å². The Morgan fingerprint density at radius 2 is 2.15 bits per heavy atom. The summed E-state index contributed by atoms with van der Waals surface area (Å²) in [5.74, 6) is -0.0615. The number of urea groups is 1. The first-order valence-corrected chi connectivity index (χ1v) is 5.67. The van der Waals surface area contributed by atoms with E-state index in [1.807, 2.05) is 0 Å². The van der Waals surface area contributed by atoms with Crippen molar-refractivity contribution in [1.82, 2.24) is 29.7 Å². The Labute approximate surface area is 114 Å². The number of anilines is 2. The van der Waals surface area contributed by atoms with Gasteiger partial charge in [0, 0.05) is 14.1 Å². The highest BCUT2D eigenvalue weighted by molar-refractivity contribution is 5.87. The van der Waals surface area contributed by atoms with E-state index in [9.17, 15) is 9.59 Å². The van der Waals surface area contributed by atoms with E-state index in [-0.39, 0.29) is 24.3 Å². The fourth-order valence-corrected chi connectivity index (χ4v) is 1.34. The van der Waals surface area contributed by atoms with Crippen LogP contribution in [0.1, 0.15) is 4.79 Å². The molecule has 0 saturated heterocycles. The van der Waals surface area contributed by atoms with Gasteiger partial charge in [0.2, 0.25) is 0 Å². The number of nitrogen functional groups attached to an aromatic ring is 1. The highest BCUT2D eigenvalue weighted by Gasteiger charge is 2.11. The summed E-state index contributed by atoms with van der Waals surface area (Å²) in [5, 5.41) is 13.8. The van der Waals surface area contributed by atoms with Gasteiger partial charge in [0.15, 0.2) is 5.82 Å². The molecule has 2 aromatic rings. The lowest BCUT2D eigenvalue weighted by molar-refractivity contribution is 0.0869. The largest absolute Gasteiger partial charge is 0.396 e. The van der Waals surface area contributed by atoms with E-state index in [0.29, 0.717) is 5.69 Å². The van der Waals surface area contributed by atoms with Crippen LogP contribution in [0.25, 0.3) is 0 Å². The summed E-state index contributed by atoms with van der Waals surface area (Å²) in [7, 11) is 3.21. The van der Waals surface area contributed by atoms with Crippen LogP contribution in [0.5, 0.6) is 0 Å². The maximum Gasteiger partial charge on any atom is 0.322 e. The van der Waals surface area contributed by atoms with Gasteiger partial charge in [0.1, 0.15) is 6.54 Å². The van der Waals surface area contributed by atoms with E-state index >= 15 is 0 Å². The molecule has 0 aliphatic rings. The number of carbonyl (C=O) groups excluding carboxylic acids is 2. The normalized spacial score (nSPS) is 10.3. The van der Waals surface area contributed by atoms with Crippen molar-refractivity contribution in [1.29, 1.82) is 0 Å². The molecule has 2 rings (SSSR count). The summed E-state index contributed by atoms with van der Waals surface area (Å²) in [6.07, 6.45) is 4.24. The molecule has 0 unspecified atom stereocenters. The Morgan fingerprint density at radius 1 is 1.40 bits per heavy atom. The Morgan fingerprint density at radius 3 is 2.75 bits per heavy atom. The van der Waals surface area contributed by atoms with Crippen LogP contribution in [0.15, 0.2) is 18.6 Å². The van der Waals surface area contributed by atoms with Crippen LogP contribution in [0.2, 0.25) is 0 Å². The zero-order valence-corrected chi connectivity index (χ0v) is 11.0. The molecule has 0 aromatic carbocycles. The van der Waals surface area contributed by atoms with Crippen molar-refractivity contribution in [3.8, 4) is 0 Å². The molecule has 2 amide bonds. The Kier molecular flexibility index (Phi) is 3.64. The standard InChI is InChI=1S/C10H14N8O2/c1-16(2)10(20)13-8-5-17(15-14-8)6-9(19)18-4-7(11)3-12-18/h3-5H,6,11H2,1-2H3,(H,13,20). The molecular weight excluding hydrogens is 264 g/mol. The van der Waals surface area contributed by atoms with Crippen molar-refractivity contribution in [3.05, 3.63) is 18.6 Å². The number of rotatable bonds is 3. The SMILES string of the molecule is CN(C)C(=O)Nc1cn(CC(=O)n2cc(N)cn2)nn1. The van der Waals surface area contributed by atoms with E-state index in [4.69, 9.17) is 5.73 Å². The monoisotopic (exact) mass is 278 g/mol. The highest BCUT2D eigenvalue weighted by Crippen LogP contribution is 2.03. The maximum absolute atomic E-state index is 11.8. The summed E-state index contributed by atoms with van der Waals surface area (Å²) in [5.41, 5.74) is 5.87. The van der Waals surface area contributed by atoms with Crippen LogP contribution in [-0.2, 0) is 6.54 Å². The number of aromatic nitrogens is 5. The van der Waals surface area contributed by atoms with E-state index < -0.39 is 0 Å². The molecule has 20 heavy (non-hydrogen) atoms. The lowest BCUT2D eigenvalue weighted by Crippen LogP contribution is -2.27. The summed E-state index contributed by atoms with van der Waals surface area (Å²) in [4.78, 5) is 24.6. The summed E-state index contributed by atoms with van der Waals surface area (Å²) < 4.78 is 2.42. The second kappa shape index (κ2) is 5.38. The number of carbonyl (C=O) groups is 2. The molecule has 10 nitrogen and oxygen atoms in total. The van der Waals surface area contributed by atoms with Gasteiger partial charge in [-0.3, -0.25) is 10.1 Å². The molecule has 0 fully saturated rings. The van der Waals surface area contributed by atoms with Gasteiger partial charge in [-0.25, -0.2) is 14.2 Å². The number of hydrogen-bond acceptors (Lipinski definition) is 6. The quantitative estimate of drug-likeness (QED) is 0.779. The summed E-state index contributed by atoms with van der Waals surface area (Å²) >= 11 is 0. The molecule has 0 aliphatic carbocycles. The van der Waals surface area contributed by atoms with Crippen molar-refractivity contribution in [2.45, 2.75) is 6.54 Å². The molecular formula is C10H14N8O2. The zero-order valence-electron chi connectivity index (χ0n) is 11.0. The minimum Gasteiger partial charge on any atom is -0.396 e. The van der Waals surface area contributed by atoms with Crippen LogP contribution in [-0.4, -0.2) is 55.7 Å². The second-order valence-corrected chi connectivity index (χ2v) is 4.24. The topological polar surface area (TPSA) is 124 Å². The summed E-state index contributed by atoms with van der Waals surface area (Å²) in [6, 6.07) is -0.330. The highest BCUT2D eigenvalue weighted by atomic mass is 16.2. The van der Waals surface area contributed by atoms with E-state index in [2.05, 4.69) is 20.7 Å². The van der Waals surface area contributed by atoms with Gasteiger partial charge in [-0.2, -0.15) is 5.10 Å². The molecule has 0 spiro atoms. The predicted molar refractivity (Wildman–Crippen MR) is 70.0 cm³/mol. The van der Waals surface area contributed by atoms with Crippen LogP contribution in [0.4, 0.5) is 16.3 Å². The van der Waals surface area contributed by atoms with E-state index in [1.165, 1.54) is 28.2 Å². The third-order valence-electron chi connectivity index (χ3n) is 2.34. The average Bonchev–Trinajstić information content (AvgIpc) is 2.98. The fourth-order valence-electron chi connectivity index (χ4n) is 1.34. The lowest BCUT2D eigenvalue weighted by Gasteiger charge is -2.08. The molecule has 3 N–H and O–H groups in total. The first-order valence-electron chi connectivity index (χ1n) is 5.67. The van der Waals surface area contributed by atoms with Gasteiger partial charge in [-0.15, -0.1) is 5.10 Å². The maximum atomic E-state index is 11.8. The minimum absolute atomic E-state index is 0.0635. The van der Waals surface area contributed by atoms with Gasteiger partial charge in [0.25, 0.3) is 5.91 Å². The van der Waals surface area contributed by atoms with Crippen molar-refractivity contribution in [2.75, 3.05) is 25.1 Å². The van der Waals surface area contributed by atoms with E-state index in [1.54, 1.807) is 14.1 Å². The van der Waals surface area contributed by atoms with Gasteiger partial charge in [0.05, 0.1) is 24.3 Å². The van der Waals surface area contributed by atoms with Crippen LogP contribution < -0.4 is 11.1 Å². The van der Waals surface area contributed by atoms with Gasteiger partial charge < -0.3 is 10.6 Å². The van der Waals surface area contributed by atoms with Gasteiger partial charge in [-0.05, 0) is 0 Å². The zero-order chi connectivity index (χ0) is 14.7. The van der Waals surface area contributed by atoms with Gasteiger partial charge in [-0.1, -0.05) is 5.21 Å². The van der Waals surface area contributed by atoms with Crippen LogP contribution in [0, 0.1) is 0 Å². The minimum atomic E-state index is -0.330. The number of nitrogens with two attached hydrogens (primary N) is 1. The first-order chi connectivity index (χ1) is 9.45. The third kappa shape index (κ3) is 3.10. The molecule has 0 atom stereocenters. The number of nitrogens with one attached hydrogen (secondary N) is 1. The number of nitrogens with zero attached hydrogens (tertiary/aromatic N) is 6. The third-order valence-corrected chi connectivity index (χ3v) is 2.34. The molecule has 0 radical (unpaired) electrons. The van der Waals surface area contributed by atoms with Crippen LogP contribution >= 0.6 is 0 Å². The molecule has 10 heteroatoms. The number of amides is 2. The molecule has 2 heterocycles. The lowest BCUT2D eigenvalue weighted by atomic mass is 10.5. The Balaban J connectivity index is 1.99. The molecule has 0 aliphatic heterocycles. The summed E-state index contributed by atoms with van der Waals surface area (Å²) in [6.45, 7) is -0.0635. The molecule has 0 bridgehead atoms. The smallest absolute Gasteiger partial charge is 0.322 e. The average molecular weight is 278 g/mol. The van der Waals surface area contributed by atoms with Crippen molar-refractivity contribution < 1.29 is 9.59 Å². The Hall–Kier alpha value is -2.91. The van der Waals surface area contributed by atoms with Crippen LogP contribution in [0.3, 0.4) is 0 Å². The molecule has 2 aromatic heterocycles. The van der Waals surface area contributed by atoms with E-state index in [0.717, 1.165) is 4.68 Å². The van der Waals surface area contributed by atoms with Crippen molar-refractivity contribution >= 4 is 23.4 Å². The van der Waals surface area contributed by atoms with Crippen molar-refractivity contribution in [3.63, 3.8) is 0 Å². The Bertz CT molecular complexity index is 629. The van der Waals surface area contributed by atoms with Gasteiger partial charge >= 0.3 is 6.03 Å².